The lowest BCUT2D eigenvalue weighted by Gasteiger charge is -2.06. The molecule has 1 amide bonds. The summed E-state index contributed by atoms with van der Waals surface area (Å²) < 4.78 is 0. The lowest BCUT2D eigenvalue weighted by molar-refractivity contribution is 0.0953. The molecule has 4 heteroatoms. The second-order valence-electron chi connectivity index (χ2n) is 3.22. The van der Waals surface area contributed by atoms with Gasteiger partial charge >= 0.3 is 0 Å². The molecule has 0 unspecified atom stereocenters. The van der Waals surface area contributed by atoms with Gasteiger partial charge in [0.2, 0.25) is 0 Å². The number of hydrogen-bond acceptors (Lipinski definition) is 2. The van der Waals surface area contributed by atoms with Crippen LogP contribution in [0.2, 0.25) is 5.02 Å². The largest absolute Gasteiger partial charge is 0.392 e. The van der Waals surface area contributed by atoms with E-state index in [2.05, 4.69) is 5.32 Å². The summed E-state index contributed by atoms with van der Waals surface area (Å²) in [6.45, 7) is 2.48. The van der Waals surface area contributed by atoms with Gasteiger partial charge in [-0.15, -0.1) is 0 Å². The maximum atomic E-state index is 11.5. The molecule has 0 fully saturated rings. The zero-order valence-corrected chi connectivity index (χ0v) is 9.34. The SMILES string of the molecule is CCCNC(=O)c1ccc(Cl)c(CO)c1. The van der Waals surface area contributed by atoms with Gasteiger partial charge in [-0.25, -0.2) is 0 Å². The van der Waals surface area contributed by atoms with Gasteiger partial charge in [0.15, 0.2) is 0 Å². The number of halogens is 1. The third-order valence-electron chi connectivity index (χ3n) is 2.01. The highest BCUT2D eigenvalue weighted by molar-refractivity contribution is 6.31. The van der Waals surface area contributed by atoms with Crippen LogP contribution in [0, 0.1) is 0 Å². The second kappa shape index (κ2) is 5.73. The van der Waals surface area contributed by atoms with Crippen molar-refractivity contribution >= 4 is 17.5 Å². The van der Waals surface area contributed by atoms with Crippen LogP contribution in [0.25, 0.3) is 0 Å². The first-order valence-corrected chi connectivity index (χ1v) is 5.24. The molecule has 0 heterocycles. The number of nitrogens with one attached hydrogen (secondary N) is 1. The minimum absolute atomic E-state index is 0.136. The molecule has 0 saturated carbocycles. The molecule has 1 rings (SSSR count). The number of carbonyl (C=O) groups excluding carboxylic acids is 1. The van der Waals surface area contributed by atoms with Crippen molar-refractivity contribution in [2.75, 3.05) is 6.54 Å². The Morgan fingerprint density at radius 1 is 1.53 bits per heavy atom. The van der Waals surface area contributed by atoms with Gasteiger partial charge in [0.1, 0.15) is 0 Å². The van der Waals surface area contributed by atoms with E-state index >= 15 is 0 Å². The summed E-state index contributed by atoms with van der Waals surface area (Å²) in [6.07, 6.45) is 0.895. The van der Waals surface area contributed by atoms with Gasteiger partial charge in [-0.2, -0.15) is 0 Å². The standard InChI is InChI=1S/C11H14ClNO2/c1-2-5-13-11(15)8-3-4-10(12)9(6-8)7-14/h3-4,6,14H,2,5,7H2,1H3,(H,13,15). The first-order chi connectivity index (χ1) is 7.19. The van der Waals surface area contributed by atoms with E-state index in [1.54, 1.807) is 18.2 Å². The zero-order valence-electron chi connectivity index (χ0n) is 8.59. The molecule has 0 bridgehead atoms. The molecule has 0 aliphatic rings. The normalized spacial score (nSPS) is 10.1. The van der Waals surface area contributed by atoms with Crippen molar-refractivity contribution in [3.05, 3.63) is 34.3 Å². The number of rotatable bonds is 4. The third-order valence-corrected chi connectivity index (χ3v) is 2.38. The van der Waals surface area contributed by atoms with Crippen molar-refractivity contribution < 1.29 is 9.90 Å². The quantitative estimate of drug-likeness (QED) is 0.826. The predicted molar refractivity (Wildman–Crippen MR) is 60.0 cm³/mol. The van der Waals surface area contributed by atoms with Crippen LogP contribution in [0.3, 0.4) is 0 Å². The smallest absolute Gasteiger partial charge is 0.251 e. The Labute approximate surface area is 94.1 Å². The number of amides is 1. The minimum Gasteiger partial charge on any atom is -0.392 e. The minimum atomic E-state index is -0.159. The second-order valence-corrected chi connectivity index (χ2v) is 3.63. The predicted octanol–water partition coefficient (Wildman–Crippen LogP) is 1.97. The Hall–Kier alpha value is -1.06. The monoisotopic (exact) mass is 227 g/mol. The van der Waals surface area contributed by atoms with Gasteiger partial charge in [0.05, 0.1) is 6.61 Å². The Morgan fingerprint density at radius 2 is 2.27 bits per heavy atom. The van der Waals surface area contributed by atoms with Crippen LogP contribution in [0.5, 0.6) is 0 Å². The summed E-state index contributed by atoms with van der Waals surface area (Å²) in [5.41, 5.74) is 1.10. The highest BCUT2D eigenvalue weighted by Crippen LogP contribution is 2.17. The number of aliphatic hydroxyl groups is 1. The van der Waals surface area contributed by atoms with Crippen molar-refractivity contribution in [3.63, 3.8) is 0 Å². The Morgan fingerprint density at radius 3 is 2.87 bits per heavy atom. The zero-order chi connectivity index (χ0) is 11.3. The van der Waals surface area contributed by atoms with Gasteiger partial charge in [0, 0.05) is 17.1 Å². The van der Waals surface area contributed by atoms with Gasteiger partial charge in [0.25, 0.3) is 5.91 Å². The summed E-state index contributed by atoms with van der Waals surface area (Å²) in [6, 6.07) is 4.87. The van der Waals surface area contributed by atoms with Crippen molar-refractivity contribution in [3.8, 4) is 0 Å². The number of aliphatic hydroxyl groups excluding tert-OH is 1. The Balaban J connectivity index is 2.81. The number of carbonyl (C=O) groups is 1. The van der Waals surface area contributed by atoms with Crippen LogP contribution < -0.4 is 5.32 Å². The fourth-order valence-electron chi connectivity index (χ4n) is 1.18. The number of hydrogen-bond donors (Lipinski definition) is 2. The fraction of sp³-hybridized carbons (Fsp3) is 0.364. The van der Waals surface area contributed by atoms with E-state index in [-0.39, 0.29) is 12.5 Å². The highest BCUT2D eigenvalue weighted by Gasteiger charge is 2.07. The first kappa shape index (κ1) is 12.0. The first-order valence-electron chi connectivity index (χ1n) is 4.86. The Kier molecular flexibility index (Phi) is 4.59. The fourth-order valence-corrected chi connectivity index (χ4v) is 1.36. The van der Waals surface area contributed by atoms with Crippen LogP contribution in [-0.2, 0) is 6.61 Å². The molecule has 1 aromatic carbocycles. The average Bonchev–Trinajstić information content (AvgIpc) is 2.26. The highest BCUT2D eigenvalue weighted by atomic mass is 35.5. The van der Waals surface area contributed by atoms with E-state index in [4.69, 9.17) is 16.7 Å². The molecule has 82 valence electrons. The van der Waals surface area contributed by atoms with E-state index in [0.717, 1.165) is 6.42 Å². The van der Waals surface area contributed by atoms with Crippen LogP contribution in [0.4, 0.5) is 0 Å². The van der Waals surface area contributed by atoms with E-state index < -0.39 is 0 Å². The molecule has 0 radical (unpaired) electrons. The molecule has 0 aliphatic carbocycles. The summed E-state index contributed by atoms with van der Waals surface area (Å²) >= 11 is 5.81. The molecule has 0 atom stereocenters. The molecule has 1 aromatic rings. The van der Waals surface area contributed by atoms with Crippen molar-refractivity contribution in [1.82, 2.24) is 5.32 Å². The molecule has 0 aliphatic heterocycles. The lowest BCUT2D eigenvalue weighted by atomic mass is 10.1. The topological polar surface area (TPSA) is 49.3 Å². The molecule has 2 N–H and O–H groups in total. The summed E-state index contributed by atoms with van der Waals surface area (Å²) in [5.74, 6) is -0.136. The van der Waals surface area contributed by atoms with Crippen LogP contribution >= 0.6 is 11.6 Å². The summed E-state index contributed by atoms with van der Waals surface area (Å²) in [5, 5.41) is 12.2. The van der Waals surface area contributed by atoms with Crippen molar-refractivity contribution in [2.24, 2.45) is 0 Å². The average molecular weight is 228 g/mol. The lowest BCUT2D eigenvalue weighted by Crippen LogP contribution is -2.24. The molecular formula is C11H14ClNO2. The molecule has 0 aromatic heterocycles. The molecular weight excluding hydrogens is 214 g/mol. The van der Waals surface area contributed by atoms with Crippen LogP contribution in [0.1, 0.15) is 29.3 Å². The van der Waals surface area contributed by atoms with E-state index in [0.29, 0.717) is 22.7 Å². The summed E-state index contributed by atoms with van der Waals surface area (Å²) in [4.78, 5) is 11.5. The van der Waals surface area contributed by atoms with Crippen molar-refractivity contribution in [1.29, 1.82) is 0 Å². The van der Waals surface area contributed by atoms with Gasteiger partial charge in [-0.3, -0.25) is 4.79 Å². The molecule has 0 spiro atoms. The number of benzene rings is 1. The summed E-state index contributed by atoms with van der Waals surface area (Å²) in [7, 11) is 0. The van der Waals surface area contributed by atoms with E-state index in [9.17, 15) is 4.79 Å². The molecule has 15 heavy (non-hydrogen) atoms. The molecule has 0 saturated heterocycles. The van der Waals surface area contributed by atoms with Crippen LogP contribution in [0.15, 0.2) is 18.2 Å². The maximum Gasteiger partial charge on any atom is 0.251 e. The van der Waals surface area contributed by atoms with Gasteiger partial charge in [-0.05, 0) is 30.2 Å². The van der Waals surface area contributed by atoms with Gasteiger partial charge in [-0.1, -0.05) is 18.5 Å². The van der Waals surface area contributed by atoms with Crippen molar-refractivity contribution in [2.45, 2.75) is 20.0 Å². The van der Waals surface area contributed by atoms with E-state index in [1.807, 2.05) is 6.92 Å². The third kappa shape index (κ3) is 3.22. The van der Waals surface area contributed by atoms with Gasteiger partial charge < -0.3 is 10.4 Å². The molecule has 3 nitrogen and oxygen atoms in total. The Bertz CT molecular complexity index is 352. The van der Waals surface area contributed by atoms with Crippen LogP contribution in [-0.4, -0.2) is 17.6 Å². The van der Waals surface area contributed by atoms with E-state index in [1.165, 1.54) is 0 Å². The maximum absolute atomic E-state index is 11.5.